The van der Waals surface area contributed by atoms with Crippen LogP contribution in [0.15, 0.2) is 60.1 Å². The molecule has 0 aliphatic carbocycles. The summed E-state index contributed by atoms with van der Waals surface area (Å²) in [4.78, 5) is 15.2. The van der Waals surface area contributed by atoms with Crippen molar-refractivity contribution >= 4 is 23.3 Å². The average Bonchev–Trinajstić information content (AvgIpc) is 3.31. The fourth-order valence-electron chi connectivity index (χ4n) is 2.42. The highest BCUT2D eigenvalue weighted by atomic mass is 32.1. The maximum atomic E-state index is 12.3. The highest BCUT2D eigenvalue weighted by Crippen LogP contribution is 2.23. The Balaban J connectivity index is 1.61. The first-order valence-corrected chi connectivity index (χ1v) is 8.94. The highest BCUT2D eigenvalue weighted by molar-refractivity contribution is 7.10. The van der Waals surface area contributed by atoms with Gasteiger partial charge in [-0.3, -0.25) is 4.79 Å². The first-order valence-electron chi connectivity index (χ1n) is 8.06. The number of amides is 1. The van der Waals surface area contributed by atoms with Crippen LogP contribution in [0.5, 0.6) is 0 Å². The zero-order chi connectivity index (χ0) is 17.6. The molecule has 0 unspecified atom stereocenters. The fraction of sp³-hybridized carbons (Fsp3) is 0.211. The lowest BCUT2D eigenvalue weighted by atomic mass is 10.2. The number of rotatable bonds is 6. The van der Waals surface area contributed by atoms with Gasteiger partial charge in [-0.25, -0.2) is 4.68 Å². The molecule has 5 nitrogen and oxygen atoms in total. The van der Waals surface area contributed by atoms with E-state index in [1.54, 1.807) is 33.1 Å². The molecule has 0 aliphatic heterocycles. The number of benzene rings is 1. The summed E-state index contributed by atoms with van der Waals surface area (Å²) < 4.78 is 1.76. The van der Waals surface area contributed by atoms with Crippen molar-refractivity contribution < 1.29 is 4.79 Å². The van der Waals surface area contributed by atoms with E-state index in [4.69, 9.17) is 0 Å². The van der Waals surface area contributed by atoms with Gasteiger partial charge in [-0.15, -0.1) is 16.4 Å². The predicted molar refractivity (Wildman–Crippen MR) is 100 cm³/mol. The third-order valence-electron chi connectivity index (χ3n) is 4.02. The van der Waals surface area contributed by atoms with Gasteiger partial charge in [0.2, 0.25) is 5.91 Å². The number of nitrogens with zero attached hydrogens (tertiary/aromatic N) is 4. The topological polar surface area (TPSA) is 51.0 Å². The molecule has 0 fully saturated rings. The molecule has 128 valence electrons. The van der Waals surface area contributed by atoms with Crippen LogP contribution in [0.2, 0.25) is 0 Å². The van der Waals surface area contributed by atoms with Crippen LogP contribution < -0.4 is 0 Å². The summed E-state index contributed by atoms with van der Waals surface area (Å²) in [5.74, 6) is -0.0569. The van der Waals surface area contributed by atoms with E-state index in [1.807, 2.05) is 68.0 Å². The number of likely N-dealkylation sites (N-methyl/N-ethyl adjacent to an activating group) is 1. The van der Waals surface area contributed by atoms with Gasteiger partial charge in [0.1, 0.15) is 5.69 Å². The van der Waals surface area contributed by atoms with Crippen molar-refractivity contribution in [3.63, 3.8) is 0 Å². The normalized spacial score (nSPS) is 12.4. The Kier molecular flexibility index (Phi) is 5.40. The van der Waals surface area contributed by atoms with Gasteiger partial charge in [0.05, 0.1) is 18.8 Å². The second kappa shape index (κ2) is 7.90. The van der Waals surface area contributed by atoms with Crippen LogP contribution in [0.3, 0.4) is 0 Å². The molecular formula is C19H20N4OS. The molecule has 0 radical (unpaired) electrons. The number of hydrogen-bond donors (Lipinski definition) is 0. The smallest absolute Gasteiger partial charge is 0.246 e. The lowest BCUT2D eigenvalue weighted by Crippen LogP contribution is -2.27. The Morgan fingerprint density at radius 3 is 2.80 bits per heavy atom. The van der Waals surface area contributed by atoms with Crippen LogP contribution in [-0.2, 0) is 11.3 Å². The number of aromatic nitrogens is 3. The van der Waals surface area contributed by atoms with Crippen LogP contribution in [0.1, 0.15) is 29.1 Å². The standard InChI is InChI=1S/C19H20N4OS/c1-15(18-9-6-12-25-18)22(2)19(24)11-10-17-14-23(21-20-17)13-16-7-4-3-5-8-16/h3-12,14-15H,13H2,1-2H3/b11-10+/t15-/m1/s1. The molecule has 0 saturated heterocycles. The molecule has 6 heteroatoms. The van der Waals surface area contributed by atoms with Crippen molar-refractivity contribution in [2.24, 2.45) is 0 Å². The minimum absolute atomic E-state index is 0.0471. The first-order chi connectivity index (χ1) is 12.1. The van der Waals surface area contributed by atoms with Gasteiger partial charge in [-0.2, -0.15) is 0 Å². The van der Waals surface area contributed by atoms with Gasteiger partial charge < -0.3 is 4.90 Å². The van der Waals surface area contributed by atoms with E-state index in [-0.39, 0.29) is 11.9 Å². The van der Waals surface area contributed by atoms with Crippen LogP contribution >= 0.6 is 11.3 Å². The second-order valence-corrected chi connectivity index (χ2v) is 6.78. The molecule has 0 saturated carbocycles. The van der Waals surface area contributed by atoms with Gasteiger partial charge in [-0.1, -0.05) is 41.6 Å². The van der Waals surface area contributed by atoms with E-state index in [9.17, 15) is 4.79 Å². The highest BCUT2D eigenvalue weighted by Gasteiger charge is 2.16. The summed E-state index contributed by atoms with van der Waals surface area (Å²) in [5, 5.41) is 10.2. The summed E-state index contributed by atoms with van der Waals surface area (Å²) in [6.07, 6.45) is 5.08. The average molecular weight is 352 g/mol. The molecular weight excluding hydrogens is 332 g/mol. The Morgan fingerprint density at radius 1 is 1.28 bits per heavy atom. The SMILES string of the molecule is C[C@H](c1cccs1)N(C)C(=O)/C=C/c1cn(Cc2ccccc2)nn1. The molecule has 0 aliphatic rings. The number of thiophene rings is 1. The van der Waals surface area contributed by atoms with E-state index in [2.05, 4.69) is 10.3 Å². The fourth-order valence-corrected chi connectivity index (χ4v) is 3.25. The Labute approximate surface area is 151 Å². The molecule has 1 atom stereocenters. The van der Waals surface area contributed by atoms with Crippen LogP contribution in [0.25, 0.3) is 6.08 Å². The van der Waals surface area contributed by atoms with Gasteiger partial charge in [0, 0.05) is 18.0 Å². The summed E-state index contributed by atoms with van der Waals surface area (Å²) in [6.45, 7) is 2.68. The summed E-state index contributed by atoms with van der Waals surface area (Å²) in [6, 6.07) is 14.1. The van der Waals surface area contributed by atoms with Crippen molar-refractivity contribution in [1.29, 1.82) is 0 Å². The largest absolute Gasteiger partial charge is 0.335 e. The summed E-state index contributed by atoms with van der Waals surface area (Å²) in [7, 11) is 1.81. The van der Waals surface area contributed by atoms with Crippen LogP contribution in [-0.4, -0.2) is 32.8 Å². The van der Waals surface area contributed by atoms with Crippen molar-refractivity contribution in [1.82, 2.24) is 19.9 Å². The van der Waals surface area contributed by atoms with Gasteiger partial charge in [0.15, 0.2) is 0 Å². The number of carbonyl (C=O) groups is 1. The van der Waals surface area contributed by atoms with Crippen molar-refractivity contribution in [3.05, 3.63) is 76.3 Å². The Morgan fingerprint density at radius 2 is 2.08 bits per heavy atom. The second-order valence-electron chi connectivity index (χ2n) is 5.80. The molecule has 1 amide bonds. The van der Waals surface area contributed by atoms with Crippen molar-refractivity contribution in [2.45, 2.75) is 19.5 Å². The molecule has 2 heterocycles. The minimum Gasteiger partial charge on any atom is -0.335 e. The summed E-state index contributed by atoms with van der Waals surface area (Å²) >= 11 is 1.65. The lowest BCUT2D eigenvalue weighted by molar-refractivity contribution is -0.126. The van der Waals surface area contributed by atoms with Crippen molar-refractivity contribution in [3.8, 4) is 0 Å². The van der Waals surface area contributed by atoms with Gasteiger partial charge >= 0.3 is 0 Å². The predicted octanol–water partition coefficient (Wildman–Crippen LogP) is 3.62. The molecule has 3 rings (SSSR count). The maximum Gasteiger partial charge on any atom is 0.246 e. The first kappa shape index (κ1) is 17.1. The number of hydrogen-bond acceptors (Lipinski definition) is 4. The molecule has 3 aromatic rings. The molecule has 2 aromatic heterocycles. The maximum absolute atomic E-state index is 12.3. The third kappa shape index (κ3) is 4.42. The Hall–Kier alpha value is -2.73. The van der Waals surface area contributed by atoms with Crippen LogP contribution in [0.4, 0.5) is 0 Å². The van der Waals surface area contributed by atoms with E-state index >= 15 is 0 Å². The number of carbonyl (C=O) groups excluding carboxylic acids is 1. The zero-order valence-corrected chi connectivity index (χ0v) is 15.1. The Bertz CT molecular complexity index is 839. The van der Waals surface area contributed by atoms with Gasteiger partial charge in [-0.05, 0) is 30.0 Å². The third-order valence-corrected chi connectivity index (χ3v) is 5.07. The monoisotopic (exact) mass is 352 g/mol. The van der Waals surface area contributed by atoms with E-state index in [1.165, 1.54) is 0 Å². The molecule has 0 bridgehead atoms. The molecule has 25 heavy (non-hydrogen) atoms. The zero-order valence-electron chi connectivity index (χ0n) is 14.2. The molecule has 0 spiro atoms. The van der Waals surface area contributed by atoms with E-state index < -0.39 is 0 Å². The molecule has 0 N–H and O–H groups in total. The van der Waals surface area contributed by atoms with E-state index in [0.717, 1.165) is 10.4 Å². The minimum atomic E-state index is -0.0569. The molecule has 1 aromatic carbocycles. The van der Waals surface area contributed by atoms with Crippen molar-refractivity contribution in [2.75, 3.05) is 7.05 Å². The van der Waals surface area contributed by atoms with Crippen LogP contribution in [0, 0.1) is 0 Å². The summed E-state index contributed by atoms with van der Waals surface area (Å²) in [5.41, 5.74) is 1.82. The quantitative estimate of drug-likeness (QED) is 0.637. The lowest BCUT2D eigenvalue weighted by Gasteiger charge is -2.22. The van der Waals surface area contributed by atoms with Gasteiger partial charge in [0.25, 0.3) is 0 Å². The van der Waals surface area contributed by atoms with E-state index in [0.29, 0.717) is 12.2 Å².